The van der Waals surface area contributed by atoms with E-state index in [9.17, 15) is 0 Å². The standard InChI is InChI=1S/C11H19N5S/c12-11-14-13-10(17-11)8-15-5-6-16-4-2-1-3-9(16)7-15/h9H,1-8H2,(H2,12,14). The molecular formula is C11H19N5S. The third kappa shape index (κ3) is 2.59. The molecule has 0 bridgehead atoms. The van der Waals surface area contributed by atoms with Crippen LogP contribution in [0.4, 0.5) is 5.13 Å². The van der Waals surface area contributed by atoms with Gasteiger partial charge in [-0.2, -0.15) is 0 Å². The van der Waals surface area contributed by atoms with Crippen molar-refractivity contribution in [2.24, 2.45) is 0 Å². The monoisotopic (exact) mass is 253 g/mol. The molecule has 5 nitrogen and oxygen atoms in total. The highest BCUT2D eigenvalue weighted by atomic mass is 32.1. The fourth-order valence-electron chi connectivity index (χ4n) is 2.89. The normalized spacial score (nSPS) is 26.9. The van der Waals surface area contributed by atoms with E-state index in [0.29, 0.717) is 5.13 Å². The fraction of sp³-hybridized carbons (Fsp3) is 0.818. The van der Waals surface area contributed by atoms with Gasteiger partial charge in [0.05, 0.1) is 6.54 Å². The maximum Gasteiger partial charge on any atom is 0.203 e. The molecule has 0 aliphatic carbocycles. The highest BCUT2D eigenvalue weighted by Crippen LogP contribution is 2.22. The van der Waals surface area contributed by atoms with E-state index >= 15 is 0 Å². The maximum atomic E-state index is 5.61. The smallest absolute Gasteiger partial charge is 0.203 e. The number of nitrogens with zero attached hydrogens (tertiary/aromatic N) is 4. The highest BCUT2D eigenvalue weighted by Gasteiger charge is 2.29. The van der Waals surface area contributed by atoms with Gasteiger partial charge in [0, 0.05) is 25.7 Å². The number of nitrogen functional groups attached to an aromatic ring is 1. The van der Waals surface area contributed by atoms with Crippen LogP contribution in [0.25, 0.3) is 0 Å². The van der Waals surface area contributed by atoms with Gasteiger partial charge in [-0.15, -0.1) is 10.2 Å². The Morgan fingerprint density at radius 2 is 2.18 bits per heavy atom. The van der Waals surface area contributed by atoms with Crippen molar-refractivity contribution in [2.75, 3.05) is 31.9 Å². The summed E-state index contributed by atoms with van der Waals surface area (Å²) in [6.45, 7) is 5.75. The highest BCUT2D eigenvalue weighted by molar-refractivity contribution is 7.15. The van der Waals surface area contributed by atoms with Crippen LogP contribution in [0.2, 0.25) is 0 Å². The molecule has 1 unspecified atom stereocenters. The quantitative estimate of drug-likeness (QED) is 0.844. The van der Waals surface area contributed by atoms with Crippen LogP contribution >= 0.6 is 11.3 Å². The molecular weight excluding hydrogens is 234 g/mol. The van der Waals surface area contributed by atoms with Gasteiger partial charge in [0.15, 0.2) is 0 Å². The summed E-state index contributed by atoms with van der Waals surface area (Å²) in [6, 6.07) is 0.766. The Labute approximate surface area is 106 Å². The summed E-state index contributed by atoms with van der Waals surface area (Å²) in [4.78, 5) is 5.14. The second-order valence-electron chi connectivity index (χ2n) is 4.95. The number of piperidine rings is 1. The minimum Gasteiger partial charge on any atom is -0.374 e. The molecule has 0 radical (unpaired) electrons. The van der Waals surface area contributed by atoms with Crippen molar-refractivity contribution in [2.45, 2.75) is 31.8 Å². The number of rotatable bonds is 2. The number of hydrogen-bond donors (Lipinski definition) is 1. The lowest BCUT2D eigenvalue weighted by molar-refractivity contribution is 0.0455. The molecule has 0 spiro atoms. The Bertz CT molecular complexity index is 380. The Morgan fingerprint density at radius 3 is 3.00 bits per heavy atom. The first-order valence-corrected chi connectivity index (χ1v) is 7.17. The van der Waals surface area contributed by atoms with E-state index in [-0.39, 0.29) is 0 Å². The number of fused-ring (bicyclic) bond motifs is 1. The van der Waals surface area contributed by atoms with Crippen molar-refractivity contribution < 1.29 is 0 Å². The lowest BCUT2D eigenvalue weighted by Crippen LogP contribution is -2.54. The van der Waals surface area contributed by atoms with Crippen molar-refractivity contribution in [1.29, 1.82) is 0 Å². The third-order valence-electron chi connectivity index (χ3n) is 3.76. The topological polar surface area (TPSA) is 58.3 Å². The largest absolute Gasteiger partial charge is 0.374 e. The molecule has 2 aliphatic rings. The number of hydrogen-bond acceptors (Lipinski definition) is 6. The van der Waals surface area contributed by atoms with Gasteiger partial charge in [-0.05, 0) is 19.4 Å². The molecule has 0 amide bonds. The van der Waals surface area contributed by atoms with Gasteiger partial charge in [-0.3, -0.25) is 9.80 Å². The molecule has 1 aromatic heterocycles. The molecule has 0 aromatic carbocycles. The van der Waals surface area contributed by atoms with E-state index in [0.717, 1.165) is 24.1 Å². The van der Waals surface area contributed by atoms with Crippen LogP contribution in [-0.2, 0) is 6.54 Å². The van der Waals surface area contributed by atoms with Crippen molar-refractivity contribution in [3.8, 4) is 0 Å². The molecule has 3 heterocycles. The van der Waals surface area contributed by atoms with Crippen LogP contribution in [0.5, 0.6) is 0 Å². The van der Waals surface area contributed by atoms with Crippen molar-refractivity contribution >= 4 is 16.5 Å². The first-order chi connectivity index (χ1) is 8.31. The van der Waals surface area contributed by atoms with Gasteiger partial charge in [0.1, 0.15) is 5.01 Å². The van der Waals surface area contributed by atoms with Gasteiger partial charge >= 0.3 is 0 Å². The summed E-state index contributed by atoms with van der Waals surface area (Å²) in [5.41, 5.74) is 5.61. The van der Waals surface area contributed by atoms with E-state index in [1.165, 1.54) is 50.2 Å². The van der Waals surface area contributed by atoms with Gasteiger partial charge < -0.3 is 5.73 Å². The van der Waals surface area contributed by atoms with E-state index in [1.807, 2.05) is 0 Å². The summed E-state index contributed by atoms with van der Waals surface area (Å²) in [5, 5.41) is 9.60. The molecule has 94 valence electrons. The fourth-order valence-corrected chi connectivity index (χ4v) is 3.54. The van der Waals surface area contributed by atoms with Crippen LogP contribution in [0.15, 0.2) is 0 Å². The molecule has 6 heteroatoms. The van der Waals surface area contributed by atoms with E-state index in [2.05, 4.69) is 20.0 Å². The van der Waals surface area contributed by atoms with E-state index in [4.69, 9.17) is 5.73 Å². The second kappa shape index (κ2) is 4.88. The number of piperazine rings is 1. The molecule has 17 heavy (non-hydrogen) atoms. The molecule has 1 aromatic rings. The minimum atomic E-state index is 0.580. The average Bonchev–Trinajstić information content (AvgIpc) is 2.75. The lowest BCUT2D eigenvalue weighted by Gasteiger charge is -2.43. The second-order valence-corrected chi connectivity index (χ2v) is 6.05. The zero-order valence-electron chi connectivity index (χ0n) is 10.0. The summed E-state index contributed by atoms with van der Waals surface area (Å²) in [5.74, 6) is 0. The number of nitrogens with two attached hydrogens (primary N) is 1. The van der Waals surface area contributed by atoms with Gasteiger partial charge in [-0.25, -0.2) is 0 Å². The maximum absolute atomic E-state index is 5.61. The van der Waals surface area contributed by atoms with Crippen LogP contribution in [0.1, 0.15) is 24.3 Å². The molecule has 3 rings (SSSR count). The Hall–Kier alpha value is -0.720. The minimum absolute atomic E-state index is 0.580. The van der Waals surface area contributed by atoms with E-state index < -0.39 is 0 Å². The van der Waals surface area contributed by atoms with Crippen molar-refractivity contribution in [3.63, 3.8) is 0 Å². The van der Waals surface area contributed by atoms with Crippen LogP contribution in [0.3, 0.4) is 0 Å². The predicted octanol–water partition coefficient (Wildman–Crippen LogP) is 0.790. The first-order valence-electron chi connectivity index (χ1n) is 6.35. The first kappa shape index (κ1) is 11.4. The number of aromatic nitrogens is 2. The SMILES string of the molecule is Nc1nnc(CN2CCN3CCCCC3C2)s1. The van der Waals surface area contributed by atoms with Crippen molar-refractivity contribution in [1.82, 2.24) is 20.0 Å². The zero-order chi connectivity index (χ0) is 11.7. The molecule has 1 atom stereocenters. The lowest BCUT2D eigenvalue weighted by atomic mass is 9.99. The summed E-state index contributed by atoms with van der Waals surface area (Å²) < 4.78 is 0. The molecule has 2 fully saturated rings. The van der Waals surface area contributed by atoms with E-state index in [1.54, 1.807) is 0 Å². The Morgan fingerprint density at radius 1 is 1.24 bits per heavy atom. The average molecular weight is 253 g/mol. The number of anilines is 1. The predicted molar refractivity (Wildman–Crippen MR) is 68.8 cm³/mol. The van der Waals surface area contributed by atoms with Gasteiger partial charge in [0.2, 0.25) is 5.13 Å². The summed E-state index contributed by atoms with van der Waals surface area (Å²) in [6.07, 6.45) is 4.12. The van der Waals surface area contributed by atoms with Crippen LogP contribution in [0, 0.1) is 0 Å². The molecule has 2 aliphatic heterocycles. The summed E-state index contributed by atoms with van der Waals surface area (Å²) >= 11 is 1.51. The Balaban J connectivity index is 1.58. The van der Waals surface area contributed by atoms with Crippen molar-refractivity contribution in [3.05, 3.63) is 5.01 Å². The molecule has 0 saturated carbocycles. The Kier molecular flexibility index (Phi) is 3.26. The van der Waals surface area contributed by atoms with Gasteiger partial charge in [-0.1, -0.05) is 17.8 Å². The molecule has 2 saturated heterocycles. The summed E-state index contributed by atoms with van der Waals surface area (Å²) in [7, 11) is 0. The van der Waals surface area contributed by atoms with Gasteiger partial charge in [0.25, 0.3) is 0 Å². The third-order valence-corrected chi connectivity index (χ3v) is 4.50. The van der Waals surface area contributed by atoms with Crippen LogP contribution in [-0.4, -0.2) is 52.2 Å². The zero-order valence-corrected chi connectivity index (χ0v) is 10.8. The molecule has 2 N–H and O–H groups in total. The van der Waals surface area contributed by atoms with Crippen LogP contribution < -0.4 is 5.73 Å².